The van der Waals surface area contributed by atoms with E-state index >= 15 is 0 Å². The molecule has 0 radical (unpaired) electrons. The minimum Gasteiger partial charge on any atom is -0.481 e. The standard InChI is InChI=1S/C17H24N4O2.HI/c1-18-17(20-8-11-3-6-16(22-2)19-7-11)21-9-12-13(10-21)15-5-4-14(12)23-15;/h3,6-7,12-15H,4-5,8-10H2,1-2H3,(H,18,20);1H. The highest BCUT2D eigenvalue weighted by Gasteiger charge is 2.53. The summed E-state index contributed by atoms with van der Waals surface area (Å²) in [5.74, 6) is 3.00. The summed E-state index contributed by atoms with van der Waals surface area (Å²) in [5, 5.41) is 3.46. The molecular weight excluding hydrogens is 419 g/mol. The van der Waals surface area contributed by atoms with Gasteiger partial charge in [-0.15, -0.1) is 24.0 Å². The van der Waals surface area contributed by atoms with Crippen molar-refractivity contribution < 1.29 is 9.47 Å². The van der Waals surface area contributed by atoms with E-state index in [9.17, 15) is 0 Å². The molecule has 2 bridgehead atoms. The topological polar surface area (TPSA) is 59.0 Å². The summed E-state index contributed by atoms with van der Waals surface area (Å²) in [6.45, 7) is 2.84. The SMILES string of the molecule is CN=C(NCc1ccc(OC)nc1)N1CC2C3CCC(O3)C2C1.I. The molecule has 1 N–H and O–H groups in total. The van der Waals surface area contributed by atoms with Crippen molar-refractivity contribution in [3.05, 3.63) is 23.9 Å². The Labute approximate surface area is 160 Å². The number of hydrogen-bond donors (Lipinski definition) is 1. The van der Waals surface area contributed by atoms with Crippen LogP contribution in [0.1, 0.15) is 18.4 Å². The molecule has 4 rings (SSSR count). The highest BCUT2D eigenvalue weighted by atomic mass is 127. The number of ether oxygens (including phenoxy) is 2. The van der Waals surface area contributed by atoms with Crippen molar-refractivity contribution in [1.82, 2.24) is 15.2 Å². The molecule has 3 saturated heterocycles. The second kappa shape index (κ2) is 7.43. The normalized spacial score (nSPS) is 30.9. The second-order valence-corrected chi connectivity index (χ2v) is 6.63. The number of hydrogen-bond acceptors (Lipinski definition) is 4. The molecule has 4 heterocycles. The maximum absolute atomic E-state index is 6.05. The van der Waals surface area contributed by atoms with E-state index in [4.69, 9.17) is 9.47 Å². The zero-order chi connectivity index (χ0) is 15.8. The molecule has 132 valence electrons. The van der Waals surface area contributed by atoms with Gasteiger partial charge in [0.2, 0.25) is 5.88 Å². The number of aromatic nitrogens is 1. The fourth-order valence-electron chi connectivity index (χ4n) is 4.28. The minimum absolute atomic E-state index is 0. The third-order valence-electron chi connectivity index (χ3n) is 5.42. The largest absolute Gasteiger partial charge is 0.481 e. The van der Waals surface area contributed by atoms with E-state index in [1.54, 1.807) is 7.11 Å². The summed E-state index contributed by atoms with van der Waals surface area (Å²) in [6, 6.07) is 3.91. The van der Waals surface area contributed by atoms with Gasteiger partial charge in [0.05, 0.1) is 19.3 Å². The first kappa shape index (κ1) is 17.7. The second-order valence-electron chi connectivity index (χ2n) is 6.63. The maximum Gasteiger partial charge on any atom is 0.212 e. The fraction of sp³-hybridized carbons (Fsp3) is 0.647. The van der Waals surface area contributed by atoms with Gasteiger partial charge < -0.3 is 19.7 Å². The molecule has 1 aromatic heterocycles. The first-order valence-electron chi connectivity index (χ1n) is 8.38. The van der Waals surface area contributed by atoms with Crippen LogP contribution in [0.3, 0.4) is 0 Å². The van der Waals surface area contributed by atoms with Crippen molar-refractivity contribution in [1.29, 1.82) is 0 Å². The van der Waals surface area contributed by atoms with E-state index in [2.05, 4.69) is 20.2 Å². The van der Waals surface area contributed by atoms with Crippen LogP contribution in [-0.2, 0) is 11.3 Å². The summed E-state index contributed by atoms with van der Waals surface area (Å²) in [4.78, 5) is 11.1. The summed E-state index contributed by atoms with van der Waals surface area (Å²) < 4.78 is 11.1. The van der Waals surface area contributed by atoms with Gasteiger partial charge in [-0.25, -0.2) is 4.98 Å². The Morgan fingerprint density at radius 2 is 2.04 bits per heavy atom. The van der Waals surface area contributed by atoms with Gasteiger partial charge in [-0.2, -0.15) is 0 Å². The van der Waals surface area contributed by atoms with Gasteiger partial charge in [-0.3, -0.25) is 4.99 Å². The third-order valence-corrected chi connectivity index (χ3v) is 5.42. The Hall–Kier alpha value is -1.09. The first-order chi connectivity index (χ1) is 11.3. The Kier molecular flexibility index (Phi) is 5.49. The van der Waals surface area contributed by atoms with Gasteiger partial charge in [0.1, 0.15) is 0 Å². The van der Waals surface area contributed by atoms with Gasteiger partial charge >= 0.3 is 0 Å². The lowest BCUT2D eigenvalue weighted by atomic mass is 9.82. The van der Waals surface area contributed by atoms with E-state index in [0.29, 0.717) is 29.9 Å². The summed E-state index contributed by atoms with van der Waals surface area (Å²) >= 11 is 0. The van der Waals surface area contributed by atoms with Crippen LogP contribution in [-0.4, -0.2) is 55.3 Å². The molecule has 7 heteroatoms. The summed E-state index contributed by atoms with van der Waals surface area (Å²) in [7, 11) is 3.48. The van der Waals surface area contributed by atoms with Gasteiger partial charge in [0.25, 0.3) is 0 Å². The average molecular weight is 444 g/mol. The highest BCUT2D eigenvalue weighted by Crippen LogP contribution is 2.47. The molecule has 0 aromatic carbocycles. The Morgan fingerprint density at radius 3 is 2.58 bits per heavy atom. The lowest BCUT2D eigenvalue weighted by Crippen LogP contribution is -2.41. The molecule has 0 spiro atoms. The fourth-order valence-corrected chi connectivity index (χ4v) is 4.28. The van der Waals surface area contributed by atoms with Crippen LogP contribution in [0, 0.1) is 11.8 Å². The van der Waals surface area contributed by atoms with Crippen molar-refractivity contribution in [2.45, 2.75) is 31.6 Å². The highest BCUT2D eigenvalue weighted by molar-refractivity contribution is 14.0. The molecule has 0 saturated carbocycles. The van der Waals surface area contributed by atoms with E-state index in [0.717, 1.165) is 31.2 Å². The van der Waals surface area contributed by atoms with Crippen molar-refractivity contribution in [2.75, 3.05) is 27.2 Å². The van der Waals surface area contributed by atoms with Crippen molar-refractivity contribution in [3.8, 4) is 5.88 Å². The summed E-state index contributed by atoms with van der Waals surface area (Å²) in [5.41, 5.74) is 1.12. The van der Waals surface area contributed by atoms with Crippen molar-refractivity contribution in [3.63, 3.8) is 0 Å². The lowest BCUT2D eigenvalue weighted by Gasteiger charge is -2.23. The van der Waals surface area contributed by atoms with Crippen LogP contribution in [0.4, 0.5) is 0 Å². The number of likely N-dealkylation sites (tertiary alicyclic amines) is 1. The minimum atomic E-state index is 0. The Bertz CT molecular complexity index is 577. The van der Waals surface area contributed by atoms with Crippen LogP contribution in [0.25, 0.3) is 0 Å². The number of pyridine rings is 1. The van der Waals surface area contributed by atoms with Crippen LogP contribution < -0.4 is 10.1 Å². The molecule has 3 fully saturated rings. The van der Waals surface area contributed by atoms with Gasteiger partial charge in [-0.05, 0) is 18.4 Å². The van der Waals surface area contributed by atoms with E-state index < -0.39 is 0 Å². The first-order valence-corrected chi connectivity index (χ1v) is 8.38. The molecule has 0 aliphatic carbocycles. The number of nitrogens with one attached hydrogen (secondary N) is 1. The number of halogens is 1. The smallest absolute Gasteiger partial charge is 0.212 e. The Morgan fingerprint density at radius 1 is 1.33 bits per heavy atom. The Balaban J connectivity index is 0.00000169. The number of aliphatic imine (C=N–C) groups is 1. The number of guanidine groups is 1. The monoisotopic (exact) mass is 444 g/mol. The number of fused-ring (bicyclic) bond motifs is 5. The molecule has 4 unspecified atom stereocenters. The van der Waals surface area contributed by atoms with Crippen LogP contribution in [0.15, 0.2) is 23.3 Å². The predicted octanol–water partition coefficient (Wildman–Crippen LogP) is 1.89. The lowest BCUT2D eigenvalue weighted by molar-refractivity contribution is 0.0767. The van der Waals surface area contributed by atoms with Crippen LogP contribution >= 0.6 is 24.0 Å². The van der Waals surface area contributed by atoms with Crippen molar-refractivity contribution in [2.24, 2.45) is 16.8 Å². The maximum atomic E-state index is 6.05. The number of rotatable bonds is 3. The number of nitrogens with zero attached hydrogens (tertiary/aromatic N) is 3. The van der Waals surface area contributed by atoms with E-state index in [1.807, 2.05) is 25.4 Å². The predicted molar refractivity (Wildman–Crippen MR) is 103 cm³/mol. The van der Waals surface area contributed by atoms with Gasteiger partial charge in [0.15, 0.2) is 5.96 Å². The summed E-state index contributed by atoms with van der Waals surface area (Å²) in [6.07, 6.45) is 5.29. The van der Waals surface area contributed by atoms with Gasteiger partial charge in [0, 0.05) is 50.8 Å². The molecule has 4 atom stereocenters. The zero-order valence-electron chi connectivity index (χ0n) is 14.1. The van der Waals surface area contributed by atoms with E-state index in [1.165, 1.54) is 12.8 Å². The van der Waals surface area contributed by atoms with Crippen molar-refractivity contribution >= 4 is 29.9 Å². The third kappa shape index (κ3) is 3.20. The molecule has 3 aliphatic rings. The molecule has 3 aliphatic heterocycles. The molecular formula is C17H25IN4O2. The molecule has 24 heavy (non-hydrogen) atoms. The van der Waals surface area contributed by atoms with Crippen LogP contribution in [0.2, 0.25) is 0 Å². The molecule has 1 aromatic rings. The van der Waals surface area contributed by atoms with Gasteiger partial charge in [-0.1, -0.05) is 6.07 Å². The molecule has 6 nitrogen and oxygen atoms in total. The quantitative estimate of drug-likeness (QED) is 0.439. The molecule has 0 amide bonds. The van der Waals surface area contributed by atoms with E-state index in [-0.39, 0.29) is 24.0 Å². The average Bonchev–Trinajstić information content (AvgIpc) is 3.29. The zero-order valence-corrected chi connectivity index (χ0v) is 16.5. The number of methoxy groups -OCH3 is 1. The van der Waals surface area contributed by atoms with Crippen LogP contribution in [0.5, 0.6) is 5.88 Å².